The summed E-state index contributed by atoms with van der Waals surface area (Å²) < 4.78 is 0. The fourth-order valence-corrected chi connectivity index (χ4v) is 0.557. The maximum atomic E-state index is 5.34. The third kappa shape index (κ3) is 2.80. The van der Waals surface area contributed by atoms with Crippen molar-refractivity contribution in [1.29, 1.82) is 0 Å². The monoisotopic (exact) mass is 154 g/mol. The van der Waals surface area contributed by atoms with Crippen molar-refractivity contribution in [3.8, 4) is 0 Å². The van der Waals surface area contributed by atoms with E-state index in [1.165, 1.54) is 0 Å². The summed E-state index contributed by atoms with van der Waals surface area (Å²) in [4.78, 5) is 0. The molecule has 0 heterocycles. The van der Waals surface area contributed by atoms with Crippen LogP contribution in [0.4, 0.5) is 0 Å². The van der Waals surface area contributed by atoms with Crippen LogP contribution in [0.2, 0.25) is 0 Å². The van der Waals surface area contributed by atoms with E-state index < -0.39 is 0 Å². The third-order valence-corrected chi connectivity index (χ3v) is 1.02. The maximum Gasteiger partial charge on any atom is 0.0178 e. The minimum atomic E-state index is 0. The predicted octanol–water partition coefficient (Wildman–Crippen LogP) is 0.943. The van der Waals surface area contributed by atoms with E-state index in [4.69, 9.17) is 5.73 Å². The summed E-state index contributed by atoms with van der Waals surface area (Å²) in [7, 11) is 0. The molecule has 2 N–H and O–H groups in total. The SMILES string of the molecule is NCc1cc[c]cc1.[Ti]. The van der Waals surface area contributed by atoms with Crippen LogP contribution in [0, 0.1) is 6.07 Å². The molecule has 0 fully saturated rings. The van der Waals surface area contributed by atoms with Crippen molar-refractivity contribution in [3.05, 3.63) is 35.9 Å². The summed E-state index contributed by atoms with van der Waals surface area (Å²) in [6.45, 7) is 0.620. The van der Waals surface area contributed by atoms with Crippen molar-refractivity contribution < 1.29 is 21.7 Å². The molecular formula is C7H8NTi. The van der Waals surface area contributed by atoms with Crippen molar-refractivity contribution in [2.24, 2.45) is 5.73 Å². The molecule has 0 amide bonds. The van der Waals surface area contributed by atoms with Crippen molar-refractivity contribution >= 4 is 0 Å². The maximum absolute atomic E-state index is 5.34. The van der Waals surface area contributed by atoms with Crippen LogP contribution in [-0.2, 0) is 28.3 Å². The first-order valence-corrected chi connectivity index (χ1v) is 2.58. The molecule has 0 unspecified atom stereocenters. The minimum Gasteiger partial charge on any atom is -0.326 e. The van der Waals surface area contributed by atoms with Crippen molar-refractivity contribution in [2.45, 2.75) is 6.54 Å². The van der Waals surface area contributed by atoms with Gasteiger partial charge in [0.2, 0.25) is 0 Å². The molecule has 9 heavy (non-hydrogen) atoms. The van der Waals surface area contributed by atoms with E-state index in [0.29, 0.717) is 6.54 Å². The summed E-state index contributed by atoms with van der Waals surface area (Å²) in [6.07, 6.45) is 0. The Bertz CT molecular complexity index is 150. The van der Waals surface area contributed by atoms with Gasteiger partial charge in [0.25, 0.3) is 0 Å². The van der Waals surface area contributed by atoms with E-state index in [1.807, 2.05) is 24.3 Å². The average Bonchev–Trinajstić information content (AvgIpc) is 1.90. The van der Waals surface area contributed by atoms with Crippen LogP contribution >= 0.6 is 0 Å². The summed E-state index contributed by atoms with van der Waals surface area (Å²) >= 11 is 0. The van der Waals surface area contributed by atoms with Gasteiger partial charge in [-0.3, -0.25) is 0 Å². The van der Waals surface area contributed by atoms with E-state index in [9.17, 15) is 0 Å². The Balaban J connectivity index is 0.000000640. The van der Waals surface area contributed by atoms with E-state index in [0.717, 1.165) is 5.56 Å². The Kier molecular flexibility index (Phi) is 4.69. The van der Waals surface area contributed by atoms with Crippen molar-refractivity contribution in [1.82, 2.24) is 0 Å². The van der Waals surface area contributed by atoms with Crippen LogP contribution < -0.4 is 5.73 Å². The second-order valence-electron chi connectivity index (χ2n) is 1.61. The number of hydrogen-bond acceptors (Lipinski definition) is 1. The molecule has 0 aliphatic carbocycles. The smallest absolute Gasteiger partial charge is 0.0178 e. The quantitative estimate of drug-likeness (QED) is 0.598. The predicted molar refractivity (Wildman–Crippen MR) is 33.2 cm³/mol. The van der Waals surface area contributed by atoms with Crippen LogP contribution in [0.1, 0.15) is 5.56 Å². The van der Waals surface area contributed by atoms with Crippen LogP contribution in [0.15, 0.2) is 24.3 Å². The molecule has 0 aliphatic rings. The van der Waals surface area contributed by atoms with Gasteiger partial charge >= 0.3 is 0 Å². The first-order chi connectivity index (χ1) is 3.93. The average molecular weight is 154 g/mol. The molecule has 0 bridgehead atoms. The van der Waals surface area contributed by atoms with Crippen LogP contribution in [-0.4, -0.2) is 0 Å². The molecule has 1 rings (SSSR count). The Labute approximate surface area is 70.1 Å². The summed E-state index contributed by atoms with van der Waals surface area (Å²) in [6, 6.07) is 10.6. The zero-order valence-electron chi connectivity index (χ0n) is 5.09. The minimum absolute atomic E-state index is 0. The van der Waals surface area contributed by atoms with Crippen molar-refractivity contribution in [3.63, 3.8) is 0 Å². The molecule has 1 aromatic rings. The van der Waals surface area contributed by atoms with Crippen LogP contribution in [0.25, 0.3) is 0 Å². The standard InChI is InChI=1S/C7H8N.Ti/c8-6-7-4-2-1-3-5-7;/h2-5H,6,8H2;. The van der Waals surface area contributed by atoms with Gasteiger partial charge in [-0.1, -0.05) is 24.3 Å². The van der Waals surface area contributed by atoms with Gasteiger partial charge < -0.3 is 5.73 Å². The molecule has 1 aromatic carbocycles. The fourth-order valence-electron chi connectivity index (χ4n) is 0.557. The van der Waals surface area contributed by atoms with Crippen LogP contribution in [0.5, 0.6) is 0 Å². The second kappa shape index (κ2) is 4.74. The van der Waals surface area contributed by atoms with E-state index in [-0.39, 0.29) is 21.7 Å². The summed E-state index contributed by atoms with van der Waals surface area (Å²) in [5.41, 5.74) is 6.49. The van der Waals surface area contributed by atoms with Gasteiger partial charge in [0.15, 0.2) is 0 Å². The van der Waals surface area contributed by atoms with E-state index >= 15 is 0 Å². The molecular weight excluding hydrogens is 146 g/mol. The van der Waals surface area contributed by atoms with Gasteiger partial charge in [0.05, 0.1) is 0 Å². The van der Waals surface area contributed by atoms with Crippen LogP contribution in [0.3, 0.4) is 0 Å². The zero-order chi connectivity index (χ0) is 5.82. The molecule has 0 saturated carbocycles. The first kappa shape index (κ1) is 8.89. The summed E-state index contributed by atoms with van der Waals surface area (Å²) in [5.74, 6) is 0. The number of hydrogen-bond donors (Lipinski definition) is 1. The number of rotatable bonds is 1. The summed E-state index contributed by atoms with van der Waals surface area (Å²) in [5, 5.41) is 0. The molecule has 1 radical (unpaired) electrons. The van der Waals surface area contributed by atoms with E-state index in [2.05, 4.69) is 6.07 Å². The number of nitrogens with two attached hydrogens (primary N) is 1. The molecule has 45 valence electrons. The van der Waals surface area contributed by atoms with Gasteiger partial charge in [0, 0.05) is 28.3 Å². The Morgan fingerprint density at radius 3 is 2.22 bits per heavy atom. The van der Waals surface area contributed by atoms with Gasteiger partial charge in [-0.15, -0.1) is 0 Å². The fraction of sp³-hybridized carbons (Fsp3) is 0.143. The molecule has 1 nitrogen and oxygen atoms in total. The normalized spacial score (nSPS) is 8.11. The number of benzene rings is 1. The zero-order valence-corrected chi connectivity index (χ0v) is 6.66. The van der Waals surface area contributed by atoms with Gasteiger partial charge in [-0.2, -0.15) is 0 Å². The Hall–Kier alpha value is -0.106. The Morgan fingerprint density at radius 1 is 1.33 bits per heavy atom. The van der Waals surface area contributed by atoms with Gasteiger partial charge in [-0.25, -0.2) is 0 Å². The molecule has 0 saturated heterocycles. The van der Waals surface area contributed by atoms with Gasteiger partial charge in [-0.05, 0) is 11.6 Å². The first-order valence-electron chi connectivity index (χ1n) is 2.58. The molecule has 0 atom stereocenters. The Morgan fingerprint density at radius 2 is 1.89 bits per heavy atom. The van der Waals surface area contributed by atoms with E-state index in [1.54, 1.807) is 0 Å². The molecule has 0 aromatic heterocycles. The second-order valence-corrected chi connectivity index (χ2v) is 1.61. The largest absolute Gasteiger partial charge is 0.326 e. The molecule has 0 spiro atoms. The van der Waals surface area contributed by atoms with Crippen molar-refractivity contribution in [2.75, 3.05) is 0 Å². The molecule has 0 aliphatic heterocycles. The topological polar surface area (TPSA) is 26.0 Å². The third-order valence-electron chi connectivity index (χ3n) is 1.02. The molecule has 2 heteroatoms. The van der Waals surface area contributed by atoms with Gasteiger partial charge in [0.1, 0.15) is 0 Å².